The number of non-ortho nitro benzene ring substituents is 1. The third-order valence-corrected chi connectivity index (χ3v) is 5.62. The minimum atomic E-state index is -0.481. The molecule has 0 aliphatic carbocycles. The van der Waals surface area contributed by atoms with Crippen LogP contribution in [0, 0.1) is 10.1 Å². The first-order valence-corrected chi connectivity index (χ1v) is 10.9. The van der Waals surface area contributed by atoms with Crippen molar-refractivity contribution >= 4 is 35.0 Å². The summed E-state index contributed by atoms with van der Waals surface area (Å²) in [5.74, 6) is -0.328. The number of hydrogen-bond donors (Lipinski definition) is 1. The van der Waals surface area contributed by atoms with E-state index in [1.807, 2.05) is 54.6 Å². The number of nitrogens with zero attached hydrogens (tertiary/aromatic N) is 3. The van der Waals surface area contributed by atoms with Crippen molar-refractivity contribution in [3.63, 3.8) is 0 Å². The van der Waals surface area contributed by atoms with E-state index in [1.54, 1.807) is 11.0 Å². The van der Waals surface area contributed by atoms with Crippen molar-refractivity contribution in [3.05, 3.63) is 106 Å². The minimum absolute atomic E-state index is 0.0341. The molecule has 0 unspecified atom stereocenters. The van der Waals surface area contributed by atoms with E-state index in [9.17, 15) is 19.7 Å². The maximum Gasteiger partial charge on any atom is 0.269 e. The molecule has 1 aliphatic rings. The van der Waals surface area contributed by atoms with Gasteiger partial charge in [0.25, 0.3) is 11.6 Å². The number of anilines is 2. The van der Waals surface area contributed by atoms with Crippen LogP contribution in [0.1, 0.15) is 15.9 Å². The predicted octanol–water partition coefficient (Wildman–Crippen LogP) is 4.21. The molecule has 4 rings (SSSR count). The lowest BCUT2D eigenvalue weighted by atomic mass is 10.1. The topological polar surface area (TPSA) is 95.8 Å². The fourth-order valence-corrected chi connectivity index (χ4v) is 3.75. The van der Waals surface area contributed by atoms with Gasteiger partial charge in [-0.3, -0.25) is 19.7 Å². The number of rotatable bonds is 6. The second-order valence-corrected chi connectivity index (χ2v) is 7.86. The van der Waals surface area contributed by atoms with E-state index in [0.29, 0.717) is 37.4 Å². The second kappa shape index (κ2) is 10.4. The summed E-state index contributed by atoms with van der Waals surface area (Å²) in [6, 6.07) is 22.9. The standard InChI is InChI=1S/C26H24N4O4/c31-25(15-6-20-4-2-1-3-5-20)27-22-9-13-23(14-10-22)28-16-18-29(19-17-28)26(32)21-7-11-24(12-8-21)30(33)34/h1-15H,16-19H2,(H,27,31)/b15-6+. The minimum Gasteiger partial charge on any atom is -0.368 e. The smallest absolute Gasteiger partial charge is 0.269 e. The fraction of sp³-hybridized carbons (Fsp3) is 0.154. The Balaban J connectivity index is 1.29. The molecule has 3 aromatic rings. The summed E-state index contributed by atoms with van der Waals surface area (Å²) in [6.45, 7) is 2.45. The van der Waals surface area contributed by atoms with Gasteiger partial charge in [0.2, 0.25) is 5.91 Å². The van der Waals surface area contributed by atoms with Crippen LogP contribution >= 0.6 is 0 Å². The summed E-state index contributed by atoms with van der Waals surface area (Å²) in [5.41, 5.74) is 3.09. The number of piperazine rings is 1. The Morgan fingerprint density at radius 3 is 2.12 bits per heavy atom. The Kier molecular flexibility index (Phi) is 6.98. The second-order valence-electron chi connectivity index (χ2n) is 7.86. The summed E-state index contributed by atoms with van der Waals surface area (Å²) < 4.78 is 0. The van der Waals surface area contributed by atoms with Crippen molar-refractivity contribution in [1.82, 2.24) is 4.90 Å². The van der Waals surface area contributed by atoms with Gasteiger partial charge in [0.05, 0.1) is 4.92 Å². The van der Waals surface area contributed by atoms with Crippen LogP contribution in [0.15, 0.2) is 84.9 Å². The van der Waals surface area contributed by atoms with Crippen molar-refractivity contribution < 1.29 is 14.5 Å². The van der Waals surface area contributed by atoms with E-state index in [1.165, 1.54) is 30.3 Å². The maximum absolute atomic E-state index is 12.7. The van der Waals surface area contributed by atoms with Gasteiger partial charge in [-0.2, -0.15) is 0 Å². The summed E-state index contributed by atoms with van der Waals surface area (Å²) in [6.07, 6.45) is 3.27. The molecule has 1 aliphatic heterocycles. The van der Waals surface area contributed by atoms with Crippen LogP contribution in [0.3, 0.4) is 0 Å². The van der Waals surface area contributed by atoms with Gasteiger partial charge in [0.15, 0.2) is 0 Å². The Morgan fingerprint density at radius 2 is 1.50 bits per heavy atom. The highest BCUT2D eigenvalue weighted by Gasteiger charge is 2.22. The van der Waals surface area contributed by atoms with E-state index < -0.39 is 4.92 Å². The zero-order valence-electron chi connectivity index (χ0n) is 18.5. The first-order chi connectivity index (χ1) is 16.5. The van der Waals surface area contributed by atoms with E-state index in [4.69, 9.17) is 0 Å². The van der Waals surface area contributed by atoms with Crippen LogP contribution in [-0.2, 0) is 4.79 Å². The van der Waals surface area contributed by atoms with E-state index in [-0.39, 0.29) is 17.5 Å². The molecule has 0 saturated carbocycles. The first kappa shape index (κ1) is 22.7. The molecule has 1 fully saturated rings. The molecule has 172 valence electrons. The van der Waals surface area contributed by atoms with Gasteiger partial charge in [-0.25, -0.2) is 0 Å². The van der Waals surface area contributed by atoms with Gasteiger partial charge >= 0.3 is 0 Å². The number of carbonyl (C=O) groups is 2. The van der Waals surface area contributed by atoms with Crippen molar-refractivity contribution in [2.75, 3.05) is 36.4 Å². The zero-order chi connectivity index (χ0) is 23.9. The summed E-state index contributed by atoms with van der Waals surface area (Å²) >= 11 is 0. The van der Waals surface area contributed by atoms with E-state index in [0.717, 1.165) is 11.3 Å². The molecule has 0 radical (unpaired) electrons. The number of nitrogens with one attached hydrogen (secondary N) is 1. The van der Waals surface area contributed by atoms with Crippen molar-refractivity contribution in [3.8, 4) is 0 Å². The molecule has 1 heterocycles. The molecular formula is C26H24N4O4. The maximum atomic E-state index is 12.7. The van der Waals surface area contributed by atoms with Gasteiger partial charge in [0.1, 0.15) is 0 Å². The number of amides is 2. The van der Waals surface area contributed by atoms with Crippen molar-refractivity contribution in [2.45, 2.75) is 0 Å². The van der Waals surface area contributed by atoms with Crippen LogP contribution in [0.2, 0.25) is 0 Å². The Morgan fingerprint density at radius 1 is 0.853 bits per heavy atom. The third kappa shape index (κ3) is 5.66. The molecule has 1 N–H and O–H groups in total. The van der Waals surface area contributed by atoms with Crippen molar-refractivity contribution in [1.29, 1.82) is 0 Å². The average Bonchev–Trinajstić information content (AvgIpc) is 2.88. The molecule has 34 heavy (non-hydrogen) atoms. The molecule has 0 atom stereocenters. The molecule has 0 bridgehead atoms. The molecule has 8 heteroatoms. The monoisotopic (exact) mass is 456 g/mol. The lowest BCUT2D eigenvalue weighted by molar-refractivity contribution is -0.384. The van der Waals surface area contributed by atoms with Crippen LogP contribution in [0.5, 0.6) is 0 Å². The highest BCUT2D eigenvalue weighted by Crippen LogP contribution is 2.21. The molecule has 0 aromatic heterocycles. The molecule has 1 saturated heterocycles. The number of nitro benzene ring substituents is 1. The van der Waals surface area contributed by atoms with Crippen LogP contribution in [0.4, 0.5) is 17.1 Å². The van der Waals surface area contributed by atoms with E-state index >= 15 is 0 Å². The molecule has 2 amide bonds. The molecule has 0 spiro atoms. The summed E-state index contributed by atoms with van der Waals surface area (Å²) in [5, 5.41) is 13.6. The summed E-state index contributed by atoms with van der Waals surface area (Å²) in [4.78, 5) is 39.1. The molecule has 8 nitrogen and oxygen atoms in total. The Hall–Kier alpha value is -4.46. The number of carbonyl (C=O) groups excluding carboxylic acids is 2. The number of hydrogen-bond acceptors (Lipinski definition) is 5. The Bertz CT molecular complexity index is 1180. The molecule has 3 aromatic carbocycles. The number of benzene rings is 3. The van der Waals surface area contributed by atoms with Gasteiger partial charge in [0, 0.05) is 61.3 Å². The highest BCUT2D eigenvalue weighted by atomic mass is 16.6. The zero-order valence-corrected chi connectivity index (χ0v) is 18.5. The molecular weight excluding hydrogens is 432 g/mol. The van der Waals surface area contributed by atoms with Crippen molar-refractivity contribution in [2.24, 2.45) is 0 Å². The van der Waals surface area contributed by atoms with Crippen LogP contribution in [0.25, 0.3) is 6.08 Å². The number of nitro groups is 1. The fourth-order valence-electron chi connectivity index (χ4n) is 3.75. The SMILES string of the molecule is O=C(/C=C/c1ccccc1)Nc1ccc(N2CCN(C(=O)c3ccc([N+](=O)[O-])cc3)CC2)cc1. The first-order valence-electron chi connectivity index (χ1n) is 10.9. The normalized spacial score (nSPS) is 13.6. The highest BCUT2D eigenvalue weighted by molar-refractivity contribution is 6.02. The van der Waals surface area contributed by atoms with Gasteiger partial charge in [-0.05, 0) is 48.0 Å². The van der Waals surface area contributed by atoms with Gasteiger partial charge < -0.3 is 15.1 Å². The van der Waals surface area contributed by atoms with E-state index in [2.05, 4.69) is 10.2 Å². The van der Waals surface area contributed by atoms with Crippen LogP contribution in [-0.4, -0.2) is 47.8 Å². The average molecular weight is 457 g/mol. The predicted molar refractivity (Wildman–Crippen MR) is 132 cm³/mol. The summed E-state index contributed by atoms with van der Waals surface area (Å²) in [7, 11) is 0. The lowest BCUT2D eigenvalue weighted by Crippen LogP contribution is -2.48. The quantitative estimate of drug-likeness (QED) is 0.341. The van der Waals surface area contributed by atoms with Crippen LogP contribution < -0.4 is 10.2 Å². The third-order valence-electron chi connectivity index (χ3n) is 5.62. The van der Waals surface area contributed by atoms with Gasteiger partial charge in [-0.1, -0.05) is 30.3 Å². The largest absolute Gasteiger partial charge is 0.368 e. The lowest BCUT2D eigenvalue weighted by Gasteiger charge is -2.36. The van der Waals surface area contributed by atoms with Gasteiger partial charge in [-0.15, -0.1) is 0 Å². The Labute approximate surface area is 197 Å².